The molecule has 7 aromatic carbocycles. The van der Waals surface area contributed by atoms with Crippen LogP contribution in [0, 0.1) is 0 Å². The molecule has 6 nitrogen and oxygen atoms in total. The second-order valence-electron chi connectivity index (χ2n) is 12.6. The van der Waals surface area contributed by atoms with E-state index in [2.05, 4.69) is 95.6 Å². The van der Waals surface area contributed by atoms with Gasteiger partial charge in [0.25, 0.3) is 0 Å². The fourth-order valence-electron chi connectivity index (χ4n) is 7.27. The Hall–Kier alpha value is -6.92. The Bertz CT molecular complexity index is 2910. The van der Waals surface area contributed by atoms with E-state index in [0.29, 0.717) is 11.8 Å². The fourth-order valence-corrected chi connectivity index (χ4v) is 7.27. The molecule has 4 heterocycles. The zero-order chi connectivity index (χ0) is 32.8. The first kappa shape index (κ1) is 27.1. The molecule has 0 aliphatic rings. The molecular formula is C44H25N3O3. The third-order valence-corrected chi connectivity index (χ3v) is 9.68. The minimum absolute atomic E-state index is 0.593. The highest BCUT2D eigenvalue weighted by molar-refractivity contribution is 6.11. The Morgan fingerprint density at radius 3 is 1.48 bits per heavy atom. The van der Waals surface area contributed by atoms with Crippen molar-refractivity contribution in [1.82, 2.24) is 14.5 Å². The lowest BCUT2D eigenvalue weighted by Crippen LogP contribution is -1.94. The molecule has 50 heavy (non-hydrogen) atoms. The van der Waals surface area contributed by atoms with E-state index in [1.54, 1.807) is 0 Å². The minimum Gasteiger partial charge on any atom is -0.456 e. The van der Waals surface area contributed by atoms with Crippen LogP contribution in [0.5, 0.6) is 0 Å². The summed E-state index contributed by atoms with van der Waals surface area (Å²) in [6.45, 7) is 0. The monoisotopic (exact) mass is 643 g/mol. The first-order valence-electron chi connectivity index (χ1n) is 16.6. The maximum Gasteiger partial charge on any atom is 0.227 e. The van der Waals surface area contributed by atoms with Crippen molar-refractivity contribution in [1.29, 1.82) is 0 Å². The molecule has 0 saturated carbocycles. The molecule has 0 spiro atoms. The summed E-state index contributed by atoms with van der Waals surface area (Å²) < 4.78 is 20.8. The fraction of sp³-hybridized carbons (Fsp3) is 0. The van der Waals surface area contributed by atoms with Crippen LogP contribution in [0.25, 0.3) is 106 Å². The number of aromatic nitrogens is 3. The Kier molecular flexibility index (Phi) is 5.57. The Morgan fingerprint density at radius 2 is 0.860 bits per heavy atom. The number of benzene rings is 7. The second-order valence-corrected chi connectivity index (χ2v) is 12.6. The number of oxazole rings is 2. The van der Waals surface area contributed by atoms with E-state index in [1.807, 2.05) is 60.7 Å². The van der Waals surface area contributed by atoms with Crippen LogP contribution in [-0.2, 0) is 0 Å². The van der Waals surface area contributed by atoms with E-state index in [1.165, 1.54) is 0 Å². The third-order valence-electron chi connectivity index (χ3n) is 9.68. The molecule has 0 aliphatic carbocycles. The summed E-state index contributed by atoms with van der Waals surface area (Å²) in [5.74, 6) is 1.19. The van der Waals surface area contributed by atoms with E-state index >= 15 is 0 Å². The average molecular weight is 644 g/mol. The average Bonchev–Trinajstić information content (AvgIpc) is 3.95. The smallest absolute Gasteiger partial charge is 0.227 e. The molecule has 0 unspecified atom stereocenters. The van der Waals surface area contributed by atoms with Gasteiger partial charge >= 0.3 is 0 Å². The molecule has 0 saturated heterocycles. The normalized spacial score (nSPS) is 12.0. The molecule has 0 fully saturated rings. The van der Waals surface area contributed by atoms with Gasteiger partial charge in [-0.2, -0.15) is 0 Å². The van der Waals surface area contributed by atoms with Gasteiger partial charge in [-0.1, -0.05) is 60.7 Å². The Morgan fingerprint density at radius 1 is 0.360 bits per heavy atom. The number of fused-ring (bicyclic) bond motifs is 8. The number of para-hydroxylation sites is 5. The zero-order valence-corrected chi connectivity index (χ0v) is 26.5. The zero-order valence-electron chi connectivity index (χ0n) is 26.5. The van der Waals surface area contributed by atoms with Gasteiger partial charge in [0.2, 0.25) is 11.8 Å². The Labute approximate surface area is 284 Å². The van der Waals surface area contributed by atoms with Gasteiger partial charge < -0.3 is 17.8 Å². The van der Waals surface area contributed by atoms with E-state index in [-0.39, 0.29) is 0 Å². The molecule has 234 valence electrons. The standard InChI is InChI=1S/C44H25N3O3/c1-4-10-39-31(7-1)34-23-27(17-22-40(34)48-39)26-13-18-30(19-14-26)47-37-20-15-28(43-45-35-8-2-5-11-41(35)49-43)24-32(37)33-25-29(16-21-38(33)47)44-46-36-9-3-6-12-42(36)50-44/h1-25H. The summed E-state index contributed by atoms with van der Waals surface area (Å²) in [6.07, 6.45) is 0. The summed E-state index contributed by atoms with van der Waals surface area (Å²) in [6, 6.07) is 51.9. The maximum absolute atomic E-state index is 6.18. The predicted molar refractivity (Wildman–Crippen MR) is 200 cm³/mol. The van der Waals surface area contributed by atoms with Crippen molar-refractivity contribution in [3.63, 3.8) is 0 Å². The lowest BCUT2D eigenvalue weighted by Gasteiger charge is -2.10. The van der Waals surface area contributed by atoms with Crippen molar-refractivity contribution in [2.45, 2.75) is 0 Å². The maximum atomic E-state index is 6.18. The van der Waals surface area contributed by atoms with Gasteiger partial charge in [-0.25, -0.2) is 9.97 Å². The first-order valence-corrected chi connectivity index (χ1v) is 16.6. The van der Waals surface area contributed by atoms with Crippen LogP contribution < -0.4 is 0 Å². The summed E-state index contributed by atoms with van der Waals surface area (Å²) in [4.78, 5) is 9.58. The number of nitrogens with zero attached hydrogens (tertiary/aromatic N) is 3. The van der Waals surface area contributed by atoms with Crippen molar-refractivity contribution in [2.75, 3.05) is 0 Å². The molecule has 4 aromatic heterocycles. The lowest BCUT2D eigenvalue weighted by atomic mass is 10.0. The highest BCUT2D eigenvalue weighted by Crippen LogP contribution is 2.39. The molecule has 0 N–H and O–H groups in total. The van der Waals surface area contributed by atoms with Crippen molar-refractivity contribution in [3.8, 4) is 39.7 Å². The number of hydrogen-bond donors (Lipinski definition) is 0. The molecule has 0 radical (unpaired) electrons. The summed E-state index contributed by atoms with van der Waals surface area (Å²) in [5, 5.41) is 4.41. The number of furan rings is 1. The lowest BCUT2D eigenvalue weighted by molar-refractivity contribution is 0.619. The first-order chi connectivity index (χ1) is 24.7. The van der Waals surface area contributed by atoms with Crippen molar-refractivity contribution < 1.29 is 13.3 Å². The molecular weight excluding hydrogens is 619 g/mol. The molecule has 6 heteroatoms. The van der Waals surface area contributed by atoms with Gasteiger partial charge in [0.15, 0.2) is 11.2 Å². The molecule has 0 aliphatic heterocycles. The van der Waals surface area contributed by atoms with Gasteiger partial charge in [-0.05, 0) is 102 Å². The van der Waals surface area contributed by atoms with Crippen LogP contribution in [0.2, 0.25) is 0 Å². The summed E-state index contributed by atoms with van der Waals surface area (Å²) in [5.41, 5.74) is 12.3. The van der Waals surface area contributed by atoms with Crippen molar-refractivity contribution in [3.05, 3.63) is 152 Å². The van der Waals surface area contributed by atoms with Crippen LogP contribution in [-0.4, -0.2) is 14.5 Å². The predicted octanol–water partition coefficient (Wildman–Crippen LogP) is 12.0. The second kappa shape index (κ2) is 10.3. The molecule has 11 rings (SSSR count). The topological polar surface area (TPSA) is 70.1 Å². The van der Waals surface area contributed by atoms with Crippen LogP contribution in [0.15, 0.2) is 165 Å². The summed E-state index contributed by atoms with van der Waals surface area (Å²) in [7, 11) is 0. The van der Waals surface area contributed by atoms with Gasteiger partial charge in [0.05, 0.1) is 11.0 Å². The third kappa shape index (κ3) is 4.09. The highest BCUT2D eigenvalue weighted by Gasteiger charge is 2.18. The van der Waals surface area contributed by atoms with Gasteiger partial charge in [-0.15, -0.1) is 0 Å². The van der Waals surface area contributed by atoms with Crippen LogP contribution in [0.3, 0.4) is 0 Å². The number of hydrogen-bond acceptors (Lipinski definition) is 5. The van der Waals surface area contributed by atoms with Crippen LogP contribution >= 0.6 is 0 Å². The van der Waals surface area contributed by atoms with E-state index in [0.717, 1.165) is 93.9 Å². The molecule has 0 bridgehead atoms. The SMILES string of the molecule is c1ccc2oc(-c3ccc4c(c3)c3cc(-c5nc6ccccc6o5)ccc3n4-c3ccc(-c4ccc5oc6ccccc6c5c4)cc3)nc2c1. The van der Waals surface area contributed by atoms with E-state index < -0.39 is 0 Å². The van der Waals surface area contributed by atoms with Gasteiger partial charge in [0.1, 0.15) is 22.2 Å². The molecule has 0 amide bonds. The summed E-state index contributed by atoms with van der Waals surface area (Å²) >= 11 is 0. The quantitative estimate of drug-likeness (QED) is 0.191. The molecule has 0 atom stereocenters. The largest absolute Gasteiger partial charge is 0.456 e. The highest BCUT2D eigenvalue weighted by atomic mass is 16.4. The molecule has 11 aromatic rings. The van der Waals surface area contributed by atoms with Crippen LogP contribution in [0.1, 0.15) is 0 Å². The van der Waals surface area contributed by atoms with Gasteiger partial charge in [-0.3, -0.25) is 0 Å². The van der Waals surface area contributed by atoms with Crippen molar-refractivity contribution in [2.24, 2.45) is 0 Å². The number of rotatable bonds is 4. The van der Waals surface area contributed by atoms with Crippen molar-refractivity contribution >= 4 is 65.9 Å². The van der Waals surface area contributed by atoms with E-state index in [9.17, 15) is 0 Å². The van der Waals surface area contributed by atoms with Gasteiger partial charge in [0, 0.05) is 38.4 Å². The van der Waals surface area contributed by atoms with Crippen LogP contribution in [0.4, 0.5) is 0 Å². The Balaban J connectivity index is 1.07. The van der Waals surface area contributed by atoms with E-state index in [4.69, 9.17) is 23.2 Å². The minimum atomic E-state index is 0.593.